The lowest BCUT2D eigenvalue weighted by atomic mass is 10.1. The number of ether oxygens (including phenoxy) is 2. The van der Waals surface area contributed by atoms with Crippen molar-refractivity contribution in [3.05, 3.63) is 48.0 Å². The summed E-state index contributed by atoms with van der Waals surface area (Å²) >= 11 is 0. The number of aryl methyl sites for hydroxylation is 1. The molecule has 1 atom stereocenters. The van der Waals surface area contributed by atoms with Gasteiger partial charge in [0.1, 0.15) is 13.2 Å². The van der Waals surface area contributed by atoms with Crippen molar-refractivity contribution in [2.75, 3.05) is 30.0 Å². The van der Waals surface area contributed by atoms with E-state index in [1.807, 2.05) is 42.5 Å². The highest BCUT2D eigenvalue weighted by molar-refractivity contribution is 6.03. The Morgan fingerprint density at radius 2 is 1.86 bits per heavy atom. The predicted octanol–water partition coefficient (Wildman–Crippen LogP) is 3.79. The lowest BCUT2D eigenvalue weighted by Crippen LogP contribution is -2.28. The molecule has 1 saturated heterocycles. The van der Waals surface area contributed by atoms with E-state index < -0.39 is 0 Å². The summed E-state index contributed by atoms with van der Waals surface area (Å²) in [5.74, 6) is 0.757. The molecule has 2 aliphatic heterocycles. The molecule has 0 radical (unpaired) electrons. The number of carbonyl (C=O) groups excluding carboxylic acids is 2. The Bertz CT molecular complexity index is 894. The van der Waals surface area contributed by atoms with Gasteiger partial charge in [0, 0.05) is 30.4 Å². The molecule has 2 aromatic carbocycles. The molecule has 0 bridgehead atoms. The zero-order chi connectivity index (χ0) is 20.2. The van der Waals surface area contributed by atoms with Crippen molar-refractivity contribution >= 4 is 23.2 Å². The molecule has 0 aliphatic carbocycles. The molecule has 1 N–H and O–H groups in total. The predicted molar refractivity (Wildman–Crippen MR) is 112 cm³/mol. The molecule has 2 heterocycles. The molecular formula is C23H26N2O4. The summed E-state index contributed by atoms with van der Waals surface area (Å²) in [6.45, 7) is 3.55. The summed E-state index contributed by atoms with van der Waals surface area (Å²) in [5, 5.41) is 2.95. The second kappa shape index (κ2) is 8.55. The van der Waals surface area contributed by atoms with Gasteiger partial charge in [-0.05, 0) is 42.7 Å². The van der Waals surface area contributed by atoms with Gasteiger partial charge in [-0.15, -0.1) is 0 Å². The molecule has 1 unspecified atom stereocenters. The minimum Gasteiger partial charge on any atom is -0.486 e. The van der Waals surface area contributed by atoms with Crippen molar-refractivity contribution in [2.24, 2.45) is 5.92 Å². The summed E-state index contributed by atoms with van der Waals surface area (Å²) in [5.41, 5.74) is 2.76. The smallest absolute Gasteiger partial charge is 0.229 e. The van der Waals surface area contributed by atoms with E-state index in [1.165, 1.54) is 5.56 Å². The molecule has 2 amide bonds. The van der Waals surface area contributed by atoms with Crippen molar-refractivity contribution in [1.82, 2.24) is 0 Å². The van der Waals surface area contributed by atoms with Gasteiger partial charge in [-0.2, -0.15) is 0 Å². The maximum Gasteiger partial charge on any atom is 0.229 e. The van der Waals surface area contributed by atoms with Crippen molar-refractivity contribution in [2.45, 2.75) is 32.6 Å². The van der Waals surface area contributed by atoms with Crippen LogP contribution in [0.4, 0.5) is 11.4 Å². The zero-order valence-electron chi connectivity index (χ0n) is 16.6. The van der Waals surface area contributed by atoms with Crippen LogP contribution >= 0.6 is 0 Å². The molecule has 4 rings (SSSR count). The quantitative estimate of drug-likeness (QED) is 0.809. The first-order valence-corrected chi connectivity index (χ1v) is 10.2. The fourth-order valence-corrected chi connectivity index (χ4v) is 3.71. The highest BCUT2D eigenvalue weighted by Crippen LogP contribution is 2.36. The van der Waals surface area contributed by atoms with Crippen molar-refractivity contribution < 1.29 is 19.1 Å². The van der Waals surface area contributed by atoms with E-state index in [2.05, 4.69) is 12.2 Å². The number of hydrogen-bond acceptors (Lipinski definition) is 4. The summed E-state index contributed by atoms with van der Waals surface area (Å²) in [6, 6.07) is 13.4. The summed E-state index contributed by atoms with van der Waals surface area (Å²) in [7, 11) is 0. The third-order valence-electron chi connectivity index (χ3n) is 5.37. The first-order chi connectivity index (χ1) is 14.1. The summed E-state index contributed by atoms with van der Waals surface area (Å²) < 4.78 is 11.1. The first-order valence-electron chi connectivity index (χ1n) is 10.2. The van der Waals surface area contributed by atoms with Crippen LogP contribution in [0.2, 0.25) is 0 Å². The molecule has 152 valence electrons. The molecule has 1 fully saturated rings. The third kappa shape index (κ3) is 4.36. The lowest BCUT2D eigenvalue weighted by Gasteiger charge is -2.22. The molecule has 0 aromatic heterocycles. The Hall–Kier alpha value is -3.02. The van der Waals surface area contributed by atoms with Gasteiger partial charge in [0.2, 0.25) is 11.8 Å². The zero-order valence-corrected chi connectivity index (χ0v) is 16.6. The highest BCUT2D eigenvalue weighted by atomic mass is 16.6. The Balaban J connectivity index is 1.39. The number of rotatable bonds is 6. The standard InChI is InChI=1S/C23H26N2O4/c1-2-3-4-16-5-7-18(8-6-16)24-23(27)17-13-22(26)25(15-17)19-9-10-20-21(14-19)29-12-11-28-20/h5-10,14,17H,2-4,11-13,15H2,1H3,(H,24,27). The fraction of sp³-hybridized carbons (Fsp3) is 0.391. The Kier molecular flexibility index (Phi) is 5.69. The van der Waals surface area contributed by atoms with E-state index in [-0.39, 0.29) is 24.2 Å². The van der Waals surface area contributed by atoms with Gasteiger partial charge >= 0.3 is 0 Å². The van der Waals surface area contributed by atoms with E-state index in [1.54, 1.807) is 4.90 Å². The van der Waals surface area contributed by atoms with Crippen LogP contribution in [-0.2, 0) is 16.0 Å². The molecule has 0 saturated carbocycles. The van der Waals surface area contributed by atoms with Crippen LogP contribution < -0.4 is 19.7 Å². The van der Waals surface area contributed by atoms with Crippen LogP contribution in [0.3, 0.4) is 0 Å². The molecule has 6 heteroatoms. The number of hydrogen-bond donors (Lipinski definition) is 1. The number of nitrogens with one attached hydrogen (secondary N) is 1. The normalized spacial score (nSPS) is 18.0. The monoisotopic (exact) mass is 394 g/mol. The minimum atomic E-state index is -0.379. The average Bonchev–Trinajstić information content (AvgIpc) is 3.14. The van der Waals surface area contributed by atoms with E-state index in [0.717, 1.165) is 30.6 Å². The van der Waals surface area contributed by atoms with Crippen LogP contribution in [-0.4, -0.2) is 31.6 Å². The highest BCUT2D eigenvalue weighted by Gasteiger charge is 2.35. The van der Waals surface area contributed by atoms with Crippen molar-refractivity contribution in [3.63, 3.8) is 0 Å². The van der Waals surface area contributed by atoms with E-state index in [0.29, 0.717) is 31.3 Å². The Labute approximate surface area is 170 Å². The van der Waals surface area contributed by atoms with Gasteiger partial charge < -0.3 is 19.7 Å². The van der Waals surface area contributed by atoms with Gasteiger partial charge in [0.05, 0.1) is 5.92 Å². The second-order valence-corrected chi connectivity index (χ2v) is 7.52. The summed E-state index contributed by atoms with van der Waals surface area (Å²) in [6.07, 6.45) is 3.57. The van der Waals surface area contributed by atoms with Crippen LogP contribution in [0.25, 0.3) is 0 Å². The Morgan fingerprint density at radius 1 is 1.10 bits per heavy atom. The maximum absolute atomic E-state index is 12.7. The number of nitrogens with zero attached hydrogens (tertiary/aromatic N) is 1. The maximum atomic E-state index is 12.7. The average molecular weight is 394 g/mol. The second-order valence-electron chi connectivity index (χ2n) is 7.52. The number of benzene rings is 2. The van der Waals surface area contributed by atoms with Gasteiger partial charge in [-0.3, -0.25) is 9.59 Å². The number of amides is 2. The van der Waals surface area contributed by atoms with Crippen molar-refractivity contribution in [1.29, 1.82) is 0 Å². The first kappa shape index (κ1) is 19.3. The van der Waals surface area contributed by atoms with Crippen LogP contribution in [0.1, 0.15) is 31.7 Å². The Morgan fingerprint density at radius 3 is 2.62 bits per heavy atom. The minimum absolute atomic E-state index is 0.0586. The molecular weight excluding hydrogens is 368 g/mol. The molecule has 2 aliphatic rings. The van der Waals surface area contributed by atoms with Gasteiger partial charge in [-0.25, -0.2) is 0 Å². The van der Waals surface area contributed by atoms with Gasteiger partial charge in [0.25, 0.3) is 0 Å². The number of unbranched alkanes of at least 4 members (excludes halogenated alkanes) is 1. The van der Waals surface area contributed by atoms with E-state index >= 15 is 0 Å². The van der Waals surface area contributed by atoms with Crippen LogP contribution in [0.15, 0.2) is 42.5 Å². The number of fused-ring (bicyclic) bond motifs is 1. The summed E-state index contributed by atoms with van der Waals surface area (Å²) in [4.78, 5) is 26.9. The fourth-order valence-electron chi connectivity index (χ4n) is 3.71. The van der Waals surface area contributed by atoms with Crippen LogP contribution in [0, 0.1) is 5.92 Å². The topological polar surface area (TPSA) is 67.9 Å². The van der Waals surface area contributed by atoms with Crippen LogP contribution in [0.5, 0.6) is 11.5 Å². The van der Waals surface area contributed by atoms with E-state index in [9.17, 15) is 9.59 Å². The SMILES string of the molecule is CCCCc1ccc(NC(=O)C2CC(=O)N(c3ccc4c(c3)OCCO4)C2)cc1. The lowest BCUT2D eigenvalue weighted by molar-refractivity contribution is -0.122. The van der Waals surface area contributed by atoms with E-state index in [4.69, 9.17) is 9.47 Å². The molecule has 6 nitrogen and oxygen atoms in total. The number of carbonyl (C=O) groups is 2. The molecule has 29 heavy (non-hydrogen) atoms. The van der Waals surface area contributed by atoms with Gasteiger partial charge in [0.15, 0.2) is 11.5 Å². The third-order valence-corrected chi connectivity index (χ3v) is 5.37. The van der Waals surface area contributed by atoms with Crippen molar-refractivity contribution in [3.8, 4) is 11.5 Å². The molecule has 0 spiro atoms. The number of anilines is 2. The van der Waals surface area contributed by atoms with Gasteiger partial charge in [-0.1, -0.05) is 25.5 Å². The molecule has 2 aromatic rings. The largest absolute Gasteiger partial charge is 0.486 e.